The van der Waals surface area contributed by atoms with Crippen molar-refractivity contribution in [3.05, 3.63) is 103 Å². The number of morpholine rings is 1. The fraction of sp³-hybridized carbons (Fsp3) is 0.605. The van der Waals surface area contributed by atoms with Gasteiger partial charge >= 0.3 is 36.2 Å². The van der Waals surface area contributed by atoms with E-state index in [1.54, 1.807) is 52.2 Å². The number of ketones is 1. The predicted molar refractivity (Wildman–Crippen MR) is 411 cm³/mol. The van der Waals surface area contributed by atoms with Crippen LogP contribution in [-0.4, -0.2) is 234 Å². The topological polar surface area (TPSA) is 247 Å². The minimum Gasteiger partial charge on any atom is -0.378 e. The number of urea groups is 6. The molecule has 4 aromatic rings. The highest BCUT2D eigenvalue weighted by atomic mass is 16.5. The number of carbonyl (C=O) groups excluding carboxylic acids is 9. The molecule has 3 aliphatic carbocycles. The average molecular weight is 1460 g/mol. The standard InChI is InChI=1S/C29H37N5O3.C27H39N5O4.C25H37N5O3/c35-25(19-22-9-8-16-30-20-22)21-33-28(36)31-26-12-6-7-13-27(26)34(29(33)37)24-14-17-32(18-15-24)23-10-4-2-1-3-5-11-23;33-25(30-16-18-36-19-17-30)20-31-26(34)28-23-10-6-7-11-24(23)32(27(31)35)22-12-14-29(15-13-22)21-8-4-2-1-3-5-9-21;1-27(2)23(31)18-29-24(32)26-21-12-8-9-13-22(21)30(25(29)33)20-14-16-28(17-15-20)19-10-6-4-3-5-7-11-19/h6-9,12-13,16,20,23-24H,1-5,10-11,14-15,17-19,21H2,(H,31,36);6-7,10-11,21-22H,1-5,8-9,12-20H2,(H,28,34);8-9,12-13,19-20H,3-7,10-11,14-18H2,1-2H3,(H,26,32). The molecule has 0 spiro atoms. The van der Waals surface area contributed by atoms with Gasteiger partial charge in [0.25, 0.3) is 0 Å². The summed E-state index contributed by atoms with van der Waals surface area (Å²) < 4.78 is 5.34. The van der Waals surface area contributed by atoms with Gasteiger partial charge in [-0.3, -0.25) is 34.1 Å². The average Bonchev–Trinajstić information content (AvgIpc) is 1.60. The van der Waals surface area contributed by atoms with Gasteiger partial charge in [-0.15, -0.1) is 0 Å². The van der Waals surface area contributed by atoms with Gasteiger partial charge in [-0.25, -0.2) is 43.5 Å². The number of ether oxygens (including phenoxy) is 1. The van der Waals surface area contributed by atoms with Crippen molar-refractivity contribution in [3.8, 4) is 0 Å². The van der Waals surface area contributed by atoms with Gasteiger partial charge in [-0.05, 0) is 125 Å². The molecule has 25 heteroatoms. The van der Waals surface area contributed by atoms with E-state index in [2.05, 4.69) is 35.6 Å². The highest BCUT2D eigenvalue weighted by Crippen LogP contribution is 2.40. The number of pyridine rings is 1. The van der Waals surface area contributed by atoms with Crippen molar-refractivity contribution in [1.29, 1.82) is 0 Å². The van der Waals surface area contributed by atoms with Crippen LogP contribution in [0.4, 0.5) is 62.9 Å². The molecule has 1 aromatic heterocycles. The van der Waals surface area contributed by atoms with Crippen LogP contribution >= 0.6 is 0 Å². The number of amides is 14. The molecule has 572 valence electrons. The summed E-state index contributed by atoms with van der Waals surface area (Å²) in [5.74, 6) is -0.725. The second kappa shape index (κ2) is 37.8. The number of para-hydroxylation sites is 6. The third kappa shape index (κ3) is 19.6. The minimum atomic E-state index is -0.563. The maximum Gasteiger partial charge on any atom is 0.333 e. The van der Waals surface area contributed by atoms with Crippen molar-refractivity contribution < 1.29 is 47.9 Å². The summed E-state index contributed by atoms with van der Waals surface area (Å²) in [6.45, 7) is 6.81. The first-order valence-electron chi connectivity index (χ1n) is 39.9. The molecule has 0 bridgehead atoms. The molecule has 25 nitrogen and oxygen atoms in total. The Morgan fingerprint density at radius 1 is 0.406 bits per heavy atom. The summed E-state index contributed by atoms with van der Waals surface area (Å²) in [6, 6.07) is 24.9. The Kier molecular flexibility index (Phi) is 27.5. The number of likely N-dealkylation sites (N-methyl/N-ethyl adjacent to an activating group) is 1. The molecule has 8 heterocycles. The summed E-state index contributed by atoms with van der Waals surface area (Å²) in [6.07, 6.45) is 36.1. The van der Waals surface area contributed by atoms with Crippen molar-refractivity contribution in [2.45, 2.75) is 216 Å². The van der Waals surface area contributed by atoms with Gasteiger partial charge in [0, 0.05) is 122 Å². The smallest absolute Gasteiger partial charge is 0.333 e. The second-order valence-electron chi connectivity index (χ2n) is 30.7. The van der Waals surface area contributed by atoms with Gasteiger partial charge in [0.2, 0.25) is 11.8 Å². The lowest BCUT2D eigenvalue weighted by molar-refractivity contribution is -0.135. The predicted octanol–water partition coefficient (Wildman–Crippen LogP) is 13.3. The van der Waals surface area contributed by atoms with Crippen LogP contribution in [0.2, 0.25) is 0 Å². The largest absolute Gasteiger partial charge is 0.378 e. The monoisotopic (exact) mass is 1460 g/mol. The molecule has 14 amide bonds. The van der Waals surface area contributed by atoms with Gasteiger partial charge in [0.15, 0.2) is 5.78 Å². The van der Waals surface area contributed by atoms with Crippen LogP contribution in [0, 0.1) is 0 Å². The number of benzene rings is 3. The van der Waals surface area contributed by atoms with Crippen LogP contribution in [0.3, 0.4) is 0 Å². The van der Waals surface area contributed by atoms with E-state index in [-0.39, 0.29) is 61.8 Å². The summed E-state index contributed by atoms with van der Waals surface area (Å²) in [5.41, 5.74) is 4.70. The van der Waals surface area contributed by atoms with Crippen LogP contribution in [0.5, 0.6) is 0 Å². The van der Waals surface area contributed by atoms with E-state index in [4.69, 9.17) is 4.74 Å². The first-order chi connectivity index (χ1) is 51.7. The Morgan fingerprint density at radius 2 is 0.745 bits per heavy atom. The van der Waals surface area contributed by atoms with Crippen molar-refractivity contribution >= 4 is 87.9 Å². The lowest BCUT2D eigenvalue weighted by atomic mass is 9.93. The maximum absolute atomic E-state index is 13.9. The number of carbonyl (C=O) groups is 9. The SMILES string of the molecule is CN(C)C(=O)CN1C(=O)Nc2ccccc2N(C2CCN(C3CCCCCCC3)CC2)C1=O.O=C(CN1C(=O)Nc2ccccc2N(C2CCN(C3CCCCCCC3)CC2)C1=O)N1CCOCC1.O=C(Cc1cccnc1)CN1C(=O)Nc2ccccc2N(C2CCN(C3CCCCCCC3)CC2)C1=O. The molecule has 3 saturated carbocycles. The minimum absolute atomic E-state index is 0.00638. The van der Waals surface area contributed by atoms with Crippen molar-refractivity contribution in [2.24, 2.45) is 0 Å². The Labute approximate surface area is 626 Å². The number of rotatable bonds is 14. The van der Waals surface area contributed by atoms with Crippen molar-refractivity contribution in [2.75, 3.05) is 130 Å². The Morgan fingerprint density at radius 3 is 1.09 bits per heavy atom. The maximum atomic E-state index is 13.9. The van der Waals surface area contributed by atoms with Gasteiger partial charge in [0.05, 0.1) is 53.9 Å². The highest BCUT2D eigenvalue weighted by molar-refractivity contribution is 6.16. The van der Waals surface area contributed by atoms with Gasteiger partial charge in [-0.2, -0.15) is 0 Å². The number of nitrogens with one attached hydrogen (secondary N) is 3. The molecular weight excluding hydrogens is 1340 g/mol. The Bertz CT molecular complexity index is 3620. The molecule has 14 rings (SSSR count). The first-order valence-corrected chi connectivity index (χ1v) is 39.9. The molecule has 106 heavy (non-hydrogen) atoms. The molecular formula is C81H113N15O10. The number of Topliss-reactive ketones (excluding diaryl/α,β-unsaturated/α-hetero) is 1. The lowest BCUT2D eigenvalue weighted by Crippen LogP contribution is -2.56. The van der Waals surface area contributed by atoms with Crippen LogP contribution in [0.15, 0.2) is 97.3 Å². The summed E-state index contributed by atoms with van der Waals surface area (Å²) in [4.78, 5) is 142. The Balaban J connectivity index is 0.000000149. The van der Waals surface area contributed by atoms with E-state index in [9.17, 15) is 43.2 Å². The number of nitrogens with zero attached hydrogens (tertiary/aromatic N) is 12. The second-order valence-corrected chi connectivity index (χ2v) is 30.7. The van der Waals surface area contributed by atoms with E-state index < -0.39 is 36.2 Å². The fourth-order valence-corrected chi connectivity index (χ4v) is 17.6. The van der Waals surface area contributed by atoms with E-state index in [1.165, 1.54) is 140 Å². The molecule has 7 aliphatic heterocycles. The van der Waals surface area contributed by atoms with Gasteiger partial charge in [-0.1, -0.05) is 139 Å². The zero-order chi connectivity index (χ0) is 73.9. The summed E-state index contributed by atoms with van der Waals surface area (Å²) in [5, 5.41) is 8.57. The quantitative estimate of drug-likeness (QED) is 0.106. The lowest BCUT2D eigenvalue weighted by Gasteiger charge is -2.42. The van der Waals surface area contributed by atoms with Crippen LogP contribution < -0.4 is 30.7 Å². The molecule has 10 aliphatic rings. The zero-order valence-electron chi connectivity index (χ0n) is 62.6. The molecule has 0 atom stereocenters. The van der Waals surface area contributed by atoms with E-state index in [0.29, 0.717) is 78.6 Å². The number of aromatic nitrogens is 1. The molecule has 4 saturated heterocycles. The van der Waals surface area contributed by atoms with E-state index >= 15 is 0 Å². The normalized spacial score (nSPS) is 21.9. The molecule has 0 radical (unpaired) electrons. The third-order valence-electron chi connectivity index (χ3n) is 23.5. The van der Waals surface area contributed by atoms with Gasteiger partial charge in [0.1, 0.15) is 13.1 Å². The van der Waals surface area contributed by atoms with Crippen LogP contribution in [0.25, 0.3) is 0 Å². The summed E-state index contributed by atoms with van der Waals surface area (Å²) >= 11 is 0. The molecule has 3 aromatic carbocycles. The van der Waals surface area contributed by atoms with Crippen LogP contribution in [0.1, 0.15) is 179 Å². The zero-order valence-corrected chi connectivity index (χ0v) is 62.6. The van der Waals surface area contributed by atoms with E-state index in [0.717, 1.165) is 98.1 Å². The van der Waals surface area contributed by atoms with Gasteiger partial charge < -0.3 is 45.2 Å². The number of hydrogen-bond donors (Lipinski definition) is 3. The Hall–Kier alpha value is -8.52. The van der Waals surface area contributed by atoms with Crippen molar-refractivity contribution in [3.63, 3.8) is 0 Å². The van der Waals surface area contributed by atoms with Crippen LogP contribution in [-0.2, 0) is 25.5 Å². The first kappa shape index (κ1) is 77.1. The third-order valence-corrected chi connectivity index (χ3v) is 23.5. The number of anilines is 6. The number of hydrogen-bond acceptors (Lipinski definition) is 14. The molecule has 7 fully saturated rings. The summed E-state index contributed by atoms with van der Waals surface area (Å²) in [7, 11) is 3.25. The number of piperidine rings is 3. The van der Waals surface area contributed by atoms with E-state index in [1.807, 2.05) is 78.9 Å². The molecule has 0 unspecified atom stereocenters. The molecule has 3 N–H and O–H groups in total. The van der Waals surface area contributed by atoms with Crippen molar-refractivity contribution in [1.82, 2.24) is 44.2 Å². The number of likely N-dealkylation sites (tertiary alicyclic amines) is 3. The number of fused-ring (bicyclic) bond motifs is 3. The number of imide groups is 3. The fourth-order valence-electron chi connectivity index (χ4n) is 17.6. The highest BCUT2D eigenvalue weighted by Gasteiger charge is 2.44.